The molecule has 5 nitrogen and oxygen atoms in total. The van der Waals surface area contributed by atoms with Crippen molar-refractivity contribution in [1.82, 2.24) is 0 Å². The first-order valence-electron chi connectivity index (χ1n) is 12.6. The number of fused-ring (bicyclic) bond motifs is 8. The van der Waals surface area contributed by atoms with Gasteiger partial charge in [-0.3, -0.25) is 0 Å². The van der Waals surface area contributed by atoms with E-state index in [0.29, 0.717) is 28.2 Å². The molecule has 0 saturated carbocycles. The van der Waals surface area contributed by atoms with Crippen LogP contribution >= 0.6 is 44.5 Å². The molecule has 4 saturated heterocycles. The van der Waals surface area contributed by atoms with E-state index in [1.54, 1.807) is 18.2 Å². The molecule has 3 aromatic carbocycles. The van der Waals surface area contributed by atoms with Crippen molar-refractivity contribution in [2.75, 3.05) is 0 Å². The van der Waals surface area contributed by atoms with E-state index in [-0.39, 0.29) is 18.6 Å². The second kappa shape index (κ2) is 7.67. The van der Waals surface area contributed by atoms with E-state index in [9.17, 15) is 15.0 Å². The first-order valence-corrected chi connectivity index (χ1v) is 24.1. The van der Waals surface area contributed by atoms with Gasteiger partial charge in [0.25, 0.3) is 0 Å². The van der Waals surface area contributed by atoms with Crippen molar-refractivity contribution in [2.45, 2.75) is 35.9 Å². The zero-order valence-corrected chi connectivity index (χ0v) is 27.1. The number of hydrogen-bond acceptors (Lipinski definition) is 9. The fourth-order valence-corrected chi connectivity index (χ4v) is 34.1. The summed E-state index contributed by atoms with van der Waals surface area (Å²) in [5.74, 6) is 0.932. The van der Waals surface area contributed by atoms with E-state index in [4.69, 9.17) is 33.9 Å². The van der Waals surface area contributed by atoms with Gasteiger partial charge in [-0.15, -0.1) is 0 Å². The zero-order valence-electron chi connectivity index (χ0n) is 20.1. The Labute approximate surface area is 250 Å². The summed E-state index contributed by atoms with van der Waals surface area (Å²) in [5.41, 5.74) is 2.78. The average Bonchev–Trinajstić information content (AvgIpc) is 3.75. The van der Waals surface area contributed by atoms with Gasteiger partial charge in [0.15, 0.2) is 0 Å². The van der Waals surface area contributed by atoms with Gasteiger partial charge in [-0.2, -0.15) is 0 Å². The third-order valence-electron chi connectivity index (χ3n) is 8.65. The summed E-state index contributed by atoms with van der Waals surface area (Å²) < 4.78 is 12.7. The minimum absolute atomic E-state index is 0.156. The Balaban J connectivity index is 1.40. The van der Waals surface area contributed by atoms with E-state index in [0.717, 1.165) is 49.7 Å². The van der Waals surface area contributed by atoms with Crippen LogP contribution in [0.15, 0.2) is 48.5 Å². The SMILES string of the molecule is O=C1OC2(c3ccccc31)c1ccc(O)c(C34S[As]3CCC4=S)c1Oc1c2ccc(O)c1C12S[As]1CCC2=S. The van der Waals surface area contributed by atoms with E-state index in [2.05, 4.69) is 0 Å². The molecule has 4 fully saturated rings. The van der Waals surface area contributed by atoms with Crippen LogP contribution in [0.1, 0.15) is 51.0 Å². The number of rotatable bonds is 2. The number of ether oxygens (including phenoxy) is 2. The molecule has 39 heavy (non-hydrogen) atoms. The molecular formula is C28H18As2O5S4. The second-order valence-corrected chi connectivity index (χ2v) is 29.1. The summed E-state index contributed by atoms with van der Waals surface area (Å²) >= 11 is 9.08. The van der Waals surface area contributed by atoms with Gasteiger partial charge in [-0.1, -0.05) is 0 Å². The van der Waals surface area contributed by atoms with Crippen LogP contribution in [-0.4, -0.2) is 52.9 Å². The van der Waals surface area contributed by atoms with Crippen molar-refractivity contribution in [1.29, 1.82) is 0 Å². The fraction of sp³-hybridized carbons (Fsp3) is 0.250. The molecule has 0 amide bonds. The van der Waals surface area contributed by atoms with Crippen LogP contribution in [0.4, 0.5) is 0 Å². The summed E-state index contributed by atoms with van der Waals surface area (Å²) in [6, 6.07) is 14.5. The molecule has 6 aliphatic heterocycles. The van der Waals surface area contributed by atoms with Crippen LogP contribution in [0, 0.1) is 0 Å². The van der Waals surface area contributed by atoms with Gasteiger partial charge >= 0.3 is 252 Å². The van der Waals surface area contributed by atoms with Crippen molar-refractivity contribution >= 4 is 87.2 Å². The standard InChI is InChI=1S/C28H18As2O5S4/c31-17-7-5-15-23(21(17)27-19(36)9-11-29(27)38-27)34-24-16(26(15)14-4-2-1-3-13(14)25(33)35-26)6-8-18(32)22(24)28-20(37)10-12-30(28)39-28/h1-8,31-32H,9-12H2. The fourth-order valence-electron chi connectivity index (χ4n) is 6.86. The maximum atomic E-state index is 13.4. The number of hydrogen-bond donors (Lipinski definition) is 2. The third kappa shape index (κ3) is 2.72. The van der Waals surface area contributed by atoms with E-state index in [1.807, 2.05) is 50.4 Å². The first kappa shape index (κ1) is 24.2. The number of aromatic hydroxyl groups is 2. The zero-order chi connectivity index (χ0) is 26.5. The number of carbonyl (C=O) groups excluding carboxylic acids is 1. The molecule has 194 valence electrons. The van der Waals surface area contributed by atoms with Gasteiger partial charge in [0.1, 0.15) is 0 Å². The van der Waals surface area contributed by atoms with Crippen molar-refractivity contribution in [3.63, 3.8) is 0 Å². The number of thiocarbonyl (C=S) groups is 2. The Kier molecular flexibility index (Phi) is 4.75. The topological polar surface area (TPSA) is 76.0 Å². The van der Waals surface area contributed by atoms with Crippen molar-refractivity contribution in [3.8, 4) is 23.0 Å². The van der Waals surface area contributed by atoms with E-state index < -0.39 is 38.6 Å². The molecule has 0 aromatic heterocycles. The van der Waals surface area contributed by atoms with Gasteiger partial charge in [-0.25, -0.2) is 0 Å². The summed E-state index contributed by atoms with van der Waals surface area (Å²) in [7, 11) is 3.81. The Morgan fingerprint density at radius 2 is 1.31 bits per heavy atom. The summed E-state index contributed by atoms with van der Waals surface area (Å²) in [6.07, 6.45) is 1.78. The first-order chi connectivity index (χ1) is 18.8. The molecule has 9 rings (SSSR count). The van der Waals surface area contributed by atoms with Crippen molar-refractivity contribution in [3.05, 3.63) is 81.9 Å². The van der Waals surface area contributed by atoms with E-state index in [1.165, 1.54) is 0 Å². The Bertz CT molecular complexity index is 1670. The van der Waals surface area contributed by atoms with Crippen LogP contribution in [0.3, 0.4) is 0 Å². The molecule has 0 aliphatic carbocycles. The summed E-state index contributed by atoms with van der Waals surface area (Å²) in [4.78, 5) is 15.4. The van der Waals surface area contributed by atoms with Gasteiger partial charge in [0.2, 0.25) is 0 Å². The molecular weight excluding hydrogens is 694 g/mol. The number of benzene rings is 3. The van der Waals surface area contributed by atoms with Gasteiger partial charge in [0.05, 0.1) is 0 Å². The Morgan fingerprint density at radius 3 is 1.79 bits per heavy atom. The van der Waals surface area contributed by atoms with Crippen LogP contribution in [0.2, 0.25) is 10.4 Å². The molecule has 6 heterocycles. The molecule has 2 N–H and O–H groups in total. The van der Waals surface area contributed by atoms with Gasteiger partial charge < -0.3 is 0 Å². The van der Waals surface area contributed by atoms with Crippen LogP contribution in [-0.2, 0) is 17.4 Å². The second-order valence-electron chi connectivity index (χ2n) is 10.4. The molecule has 0 radical (unpaired) electrons. The normalized spacial score (nSPS) is 34.1. The summed E-state index contributed by atoms with van der Waals surface area (Å²) in [5, 5.41) is 25.0. The molecule has 0 bridgehead atoms. The Hall–Kier alpha value is -1.47. The number of phenols is 2. The number of esters is 1. The van der Waals surface area contributed by atoms with Crippen molar-refractivity contribution in [2.24, 2.45) is 0 Å². The third-order valence-corrected chi connectivity index (χ3v) is 31.2. The average molecular weight is 713 g/mol. The molecule has 3 aromatic rings. The van der Waals surface area contributed by atoms with Crippen LogP contribution in [0.5, 0.6) is 23.0 Å². The van der Waals surface area contributed by atoms with Gasteiger partial charge in [-0.05, 0) is 0 Å². The Morgan fingerprint density at radius 1 is 0.769 bits per heavy atom. The molecule has 11 heteroatoms. The van der Waals surface area contributed by atoms with Crippen LogP contribution in [0.25, 0.3) is 0 Å². The quantitative estimate of drug-likeness (QED) is 0.141. The molecule has 1 spiro atoms. The monoisotopic (exact) mass is 712 g/mol. The summed E-state index contributed by atoms with van der Waals surface area (Å²) in [6.45, 7) is 0. The van der Waals surface area contributed by atoms with Gasteiger partial charge in [0, 0.05) is 0 Å². The minimum atomic E-state index is -1.37. The van der Waals surface area contributed by atoms with Crippen molar-refractivity contribution < 1.29 is 24.5 Å². The molecule has 6 aliphatic rings. The number of phenolic OH excluding ortho intramolecular Hbond substituents is 2. The molecule has 4 atom stereocenters. The maximum absolute atomic E-state index is 13.4. The van der Waals surface area contributed by atoms with Crippen LogP contribution < -0.4 is 4.74 Å². The van der Waals surface area contributed by atoms with E-state index >= 15 is 0 Å². The predicted molar refractivity (Wildman–Crippen MR) is 162 cm³/mol. The number of carbonyl (C=O) groups is 1. The predicted octanol–water partition coefficient (Wildman–Crippen LogP) is 6.16. The molecule has 4 unspecified atom stereocenters.